The number of rotatable bonds is 4. The second-order valence-corrected chi connectivity index (χ2v) is 7.89. The summed E-state index contributed by atoms with van der Waals surface area (Å²) >= 11 is 2.05. The monoisotopic (exact) mass is 463 g/mol. The Bertz CT molecular complexity index is 565. The lowest BCUT2D eigenvalue weighted by molar-refractivity contribution is 0.0936. The fourth-order valence-corrected chi connectivity index (χ4v) is 4.09. The lowest BCUT2D eigenvalue weighted by Crippen LogP contribution is -2.48. The summed E-state index contributed by atoms with van der Waals surface area (Å²) in [6, 6.07) is 7.78. The van der Waals surface area contributed by atoms with Crippen molar-refractivity contribution in [2.75, 3.05) is 32.5 Å². The number of fused-ring (bicyclic) bond motifs is 1. The van der Waals surface area contributed by atoms with Crippen molar-refractivity contribution in [2.45, 2.75) is 30.6 Å². The van der Waals surface area contributed by atoms with Crippen molar-refractivity contribution in [3.8, 4) is 11.5 Å². The molecule has 1 aromatic rings. The molecule has 1 aromatic carbocycles. The molecule has 134 valence electrons. The molecule has 0 aromatic heterocycles. The van der Waals surface area contributed by atoms with Crippen molar-refractivity contribution >= 4 is 41.7 Å². The highest BCUT2D eigenvalue weighted by Crippen LogP contribution is 2.36. The second kappa shape index (κ2) is 9.03. The SMILES string of the molecule is CN=C(NCC1COc2ccccc2O1)NCC1(C)CCCS1.I. The summed E-state index contributed by atoms with van der Waals surface area (Å²) < 4.78 is 12.0. The van der Waals surface area contributed by atoms with Gasteiger partial charge in [-0.1, -0.05) is 12.1 Å². The van der Waals surface area contributed by atoms with Gasteiger partial charge in [-0.05, 0) is 37.7 Å². The van der Waals surface area contributed by atoms with E-state index in [1.165, 1.54) is 18.6 Å². The second-order valence-electron chi connectivity index (χ2n) is 6.21. The molecule has 0 saturated carbocycles. The Morgan fingerprint density at radius 1 is 1.33 bits per heavy atom. The Morgan fingerprint density at radius 3 is 2.83 bits per heavy atom. The van der Waals surface area contributed by atoms with Gasteiger partial charge in [-0.15, -0.1) is 24.0 Å². The quantitative estimate of drug-likeness (QED) is 0.409. The van der Waals surface area contributed by atoms with Gasteiger partial charge in [0, 0.05) is 18.3 Å². The number of nitrogens with zero attached hydrogens (tertiary/aromatic N) is 1. The van der Waals surface area contributed by atoms with E-state index in [2.05, 4.69) is 22.5 Å². The third kappa shape index (κ3) is 5.08. The average Bonchev–Trinajstić information content (AvgIpc) is 3.02. The van der Waals surface area contributed by atoms with Gasteiger partial charge in [-0.2, -0.15) is 11.8 Å². The van der Waals surface area contributed by atoms with Crippen LogP contribution in [0, 0.1) is 0 Å². The number of nitrogens with one attached hydrogen (secondary N) is 2. The van der Waals surface area contributed by atoms with Crippen molar-refractivity contribution < 1.29 is 9.47 Å². The van der Waals surface area contributed by atoms with Crippen molar-refractivity contribution in [1.29, 1.82) is 0 Å². The Morgan fingerprint density at radius 2 is 2.12 bits per heavy atom. The van der Waals surface area contributed by atoms with Crippen LogP contribution in [0.25, 0.3) is 0 Å². The first-order valence-corrected chi connectivity index (χ1v) is 9.14. The number of guanidine groups is 1. The zero-order valence-electron chi connectivity index (χ0n) is 14.2. The Labute approximate surface area is 165 Å². The van der Waals surface area contributed by atoms with Crippen LogP contribution in [0.15, 0.2) is 29.3 Å². The van der Waals surface area contributed by atoms with Gasteiger partial charge >= 0.3 is 0 Å². The van der Waals surface area contributed by atoms with Gasteiger partial charge < -0.3 is 20.1 Å². The molecule has 0 amide bonds. The first-order chi connectivity index (χ1) is 11.2. The van der Waals surface area contributed by atoms with E-state index >= 15 is 0 Å². The molecule has 7 heteroatoms. The van der Waals surface area contributed by atoms with Crippen molar-refractivity contribution in [3.05, 3.63) is 24.3 Å². The average molecular weight is 463 g/mol. The van der Waals surface area contributed by atoms with E-state index in [-0.39, 0.29) is 30.1 Å². The van der Waals surface area contributed by atoms with E-state index in [0.717, 1.165) is 24.0 Å². The van der Waals surface area contributed by atoms with Gasteiger partial charge in [-0.3, -0.25) is 4.99 Å². The molecule has 2 N–H and O–H groups in total. The normalized spacial score (nSPS) is 25.8. The standard InChI is InChI=1S/C17H25N3O2S.HI/c1-17(8-5-9-23-17)12-20-16(18-2)19-10-13-11-21-14-6-3-4-7-15(14)22-13;/h3-4,6-7,13H,5,8-12H2,1-2H3,(H2,18,19,20);1H. The Kier molecular flexibility index (Phi) is 7.34. The minimum Gasteiger partial charge on any atom is -0.486 e. The van der Waals surface area contributed by atoms with Crippen LogP contribution >= 0.6 is 35.7 Å². The first-order valence-electron chi connectivity index (χ1n) is 8.15. The van der Waals surface area contributed by atoms with Crippen LogP contribution in [-0.2, 0) is 0 Å². The van der Waals surface area contributed by atoms with Gasteiger partial charge in [-0.25, -0.2) is 0 Å². The summed E-state index contributed by atoms with van der Waals surface area (Å²) in [5.41, 5.74) is 0. The number of hydrogen-bond donors (Lipinski definition) is 2. The molecule has 0 spiro atoms. The molecule has 24 heavy (non-hydrogen) atoms. The van der Waals surface area contributed by atoms with Crippen molar-refractivity contribution in [3.63, 3.8) is 0 Å². The smallest absolute Gasteiger partial charge is 0.191 e. The van der Waals surface area contributed by atoms with Crippen molar-refractivity contribution in [2.24, 2.45) is 4.99 Å². The summed E-state index contributed by atoms with van der Waals surface area (Å²) in [5, 5.41) is 6.77. The van der Waals surface area contributed by atoms with Crippen LogP contribution in [0.4, 0.5) is 0 Å². The number of para-hydroxylation sites is 2. The summed E-state index contributed by atoms with van der Waals surface area (Å²) in [6.45, 7) is 4.47. The Balaban J connectivity index is 0.00000208. The highest BCUT2D eigenvalue weighted by Gasteiger charge is 2.29. The van der Waals surface area contributed by atoms with Crippen LogP contribution < -0.4 is 20.1 Å². The molecule has 5 nitrogen and oxygen atoms in total. The summed E-state index contributed by atoms with van der Waals surface area (Å²) in [4.78, 5) is 4.30. The topological polar surface area (TPSA) is 54.9 Å². The van der Waals surface area contributed by atoms with Crippen LogP contribution in [0.1, 0.15) is 19.8 Å². The molecule has 0 bridgehead atoms. The van der Waals surface area contributed by atoms with Crippen LogP contribution in [0.5, 0.6) is 11.5 Å². The molecule has 3 rings (SSSR count). The van der Waals surface area contributed by atoms with Crippen molar-refractivity contribution in [1.82, 2.24) is 10.6 Å². The molecule has 1 saturated heterocycles. The molecule has 2 atom stereocenters. The van der Waals surface area contributed by atoms with E-state index in [1.807, 2.05) is 36.0 Å². The van der Waals surface area contributed by atoms with E-state index in [9.17, 15) is 0 Å². The number of halogens is 1. The molecule has 2 aliphatic heterocycles. The maximum atomic E-state index is 5.95. The first kappa shape index (κ1) is 19.5. The number of ether oxygens (including phenoxy) is 2. The molecular formula is C17H26IN3O2S. The van der Waals surface area contributed by atoms with Gasteiger partial charge in [0.05, 0.1) is 6.54 Å². The largest absolute Gasteiger partial charge is 0.486 e. The fourth-order valence-electron chi connectivity index (χ4n) is 2.84. The van der Waals surface area contributed by atoms with E-state index in [0.29, 0.717) is 17.9 Å². The maximum Gasteiger partial charge on any atom is 0.191 e. The molecule has 0 radical (unpaired) electrons. The molecular weight excluding hydrogens is 437 g/mol. The molecule has 2 unspecified atom stereocenters. The van der Waals surface area contributed by atoms with Gasteiger partial charge in [0.2, 0.25) is 0 Å². The van der Waals surface area contributed by atoms with Gasteiger partial charge in [0.1, 0.15) is 12.7 Å². The maximum absolute atomic E-state index is 5.95. The summed E-state index contributed by atoms with van der Waals surface area (Å²) in [5.74, 6) is 3.71. The van der Waals surface area contributed by atoms with E-state index < -0.39 is 0 Å². The number of aliphatic imine (C=N–C) groups is 1. The minimum atomic E-state index is -0.0140. The fraction of sp³-hybridized carbons (Fsp3) is 0.588. The molecule has 2 aliphatic rings. The van der Waals surface area contributed by atoms with Crippen LogP contribution in [0.3, 0.4) is 0 Å². The minimum absolute atomic E-state index is 0. The highest BCUT2D eigenvalue weighted by molar-refractivity contribution is 14.0. The predicted molar refractivity (Wildman–Crippen MR) is 111 cm³/mol. The lowest BCUT2D eigenvalue weighted by Gasteiger charge is -2.28. The molecule has 2 heterocycles. The summed E-state index contributed by atoms with van der Waals surface area (Å²) in [6.07, 6.45) is 2.56. The lowest BCUT2D eigenvalue weighted by atomic mass is 10.1. The zero-order chi connectivity index (χ0) is 16.1. The summed E-state index contributed by atoms with van der Waals surface area (Å²) in [7, 11) is 1.80. The van der Waals surface area contributed by atoms with Gasteiger partial charge in [0.25, 0.3) is 0 Å². The molecule has 1 fully saturated rings. The predicted octanol–water partition coefficient (Wildman–Crippen LogP) is 2.90. The third-order valence-electron chi connectivity index (χ3n) is 4.22. The third-order valence-corrected chi connectivity index (χ3v) is 5.76. The number of benzene rings is 1. The van der Waals surface area contributed by atoms with Crippen LogP contribution in [0.2, 0.25) is 0 Å². The van der Waals surface area contributed by atoms with E-state index in [4.69, 9.17) is 9.47 Å². The van der Waals surface area contributed by atoms with Gasteiger partial charge in [0.15, 0.2) is 17.5 Å². The Hall–Kier alpha value is -0.830. The molecule has 0 aliphatic carbocycles. The number of thioether (sulfide) groups is 1. The van der Waals surface area contributed by atoms with Crippen LogP contribution in [-0.4, -0.2) is 49.3 Å². The highest BCUT2D eigenvalue weighted by atomic mass is 127. The zero-order valence-corrected chi connectivity index (χ0v) is 17.4. The van der Waals surface area contributed by atoms with E-state index in [1.54, 1.807) is 7.05 Å². The number of hydrogen-bond acceptors (Lipinski definition) is 4.